The number of fused-ring (bicyclic) bond motifs is 1. The van der Waals surface area contributed by atoms with Gasteiger partial charge in [0.1, 0.15) is 17.6 Å². The highest BCUT2D eigenvalue weighted by Crippen LogP contribution is 2.50. The SMILES string of the molecule is C.CCOC(=O)C(C)OP(=O)(COc1ccc(C[C@H](NC(=O)O[C@H]2CO[C@H]3OCC[C@H]32)[C@H](O)CN(CC(C)C)S(=O)(=O)c2ccc(OC)cc2)cc1)ON1CCCCC1.I. The van der Waals surface area contributed by atoms with Gasteiger partial charge < -0.3 is 38.8 Å². The van der Waals surface area contributed by atoms with Crippen LogP contribution in [0.4, 0.5) is 4.79 Å². The molecule has 2 aromatic rings. The fourth-order valence-corrected chi connectivity index (χ4v) is 10.1. The van der Waals surface area contributed by atoms with Crippen LogP contribution in [0, 0.1) is 11.8 Å². The third-order valence-electron chi connectivity index (χ3n) is 9.93. The molecule has 0 saturated carbocycles. The summed E-state index contributed by atoms with van der Waals surface area (Å²) in [6.45, 7) is 8.51. The number of benzene rings is 2. The van der Waals surface area contributed by atoms with Crippen LogP contribution in [0.25, 0.3) is 0 Å². The Balaban J connectivity index is 0.00000480. The van der Waals surface area contributed by atoms with Gasteiger partial charge in [0.15, 0.2) is 18.7 Å². The number of halogens is 1. The van der Waals surface area contributed by atoms with E-state index in [1.165, 1.54) is 30.5 Å². The average molecular weight is 1000 g/mol. The lowest BCUT2D eigenvalue weighted by Crippen LogP contribution is -2.51. The van der Waals surface area contributed by atoms with Crippen molar-refractivity contribution in [1.29, 1.82) is 0 Å². The Kier molecular flexibility index (Phi) is 21.0. The topological polar surface area (TPSA) is 198 Å². The smallest absolute Gasteiger partial charge is 0.407 e. The summed E-state index contributed by atoms with van der Waals surface area (Å²) in [5, 5.41) is 16.1. The molecule has 0 radical (unpaired) electrons. The fraction of sp³-hybridized carbons (Fsp3) is 0.650. The maximum absolute atomic E-state index is 13.9. The fourth-order valence-electron chi connectivity index (χ4n) is 6.93. The van der Waals surface area contributed by atoms with E-state index in [1.807, 2.05) is 13.8 Å². The number of aliphatic hydroxyl groups excluding tert-OH is 1. The molecular weight excluding hydrogens is 936 g/mol. The van der Waals surface area contributed by atoms with Crippen molar-refractivity contribution < 1.29 is 65.2 Å². The first-order chi connectivity index (χ1) is 27.7. The number of aliphatic hydroxyl groups is 1. The minimum Gasteiger partial charge on any atom is -0.497 e. The monoisotopic (exact) mass is 999 g/mol. The minimum atomic E-state index is -4.07. The second-order valence-corrected chi connectivity index (χ2v) is 18.8. The van der Waals surface area contributed by atoms with E-state index in [9.17, 15) is 27.7 Å². The van der Waals surface area contributed by atoms with Gasteiger partial charge in [-0.3, -0.25) is 9.09 Å². The number of hydrogen-bond acceptors (Lipinski definition) is 15. The van der Waals surface area contributed by atoms with Crippen LogP contribution in [0.3, 0.4) is 0 Å². The van der Waals surface area contributed by atoms with Gasteiger partial charge in [-0.05, 0) is 87.4 Å². The highest BCUT2D eigenvalue weighted by Gasteiger charge is 2.44. The van der Waals surface area contributed by atoms with E-state index in [-0.39, 0.29) is 80.9 Å². The number of rotatable bonds is 21. The lowest BCUT2D eigenvalue weighted by Gasteiger charge is -2.31. The molecular formula is C40H63IN3O14PS. The summed E-state index contributed by atoms with van der Waals surface area (Å²) >= 11 is 0. The van der Waals surface area contributed by atoms with Crippen molar-refractivity contribution in [3.05, 3.63) is 54.1 Å². The molecule has 3 aliphatic rings. The molecule has 0 bridgehead atoms. The van der Waals surface area contributed by atoms with Gasteiger partial charge in [-0.2, -0.15) is 9.37 Å². The van der Waals surface area contributed by atoms with Crippen molar-refractivity contribution >= 4 is 53.7 Å². The molecule has 3 heterocycles. The number of ether oxygens (including phenoxy) is 6. The predicted octanol–water partition coefficient (Wildman–Crippen LogP) is 5.97. The number of nitrogens with zero attached hydrogens (tertiary/aromatic N) is 2. The molecule has 3 saturated heterocycles. The Hall–Kier alpha value is -2.59. The zero-order valence-electron chi connectivity index (χ0n) is 34.3. The normalized spacial score (nSPS) is 21.7. The highest BCUT2D eigenvalue weighted by molar-refractivity contribution is 14.0. The van der Waals surface area contributed by atoms with E-state index in [4.69, 9.17) is 37.6 Å². The molecule has 0 aromatic heterocycles. The molecule has 20 heteroatoms. The van der Waals surface area contributed by atoms with E-state index in [0.717, 1.165) is 19.3 Å². The summed E-state index contributed by atoms with van der Waals surface area (Å²) in [5.41, 5.74) is 0.651. The number of carbonyl (C=O) groups excluding carboxylic acids is 2. The summed E-state index contributed by atoms with van der Waals surface area (Å²) in [4.78, 5) is 25.7. The van der Waals surface area contributed by atoms with Crippen molar-refractivity contribution in [1.82, 2.24) is 14.7 Å². The third-order valence-corrected chi connectivity index (χ3v) is 13.3. The minimum absolute atomic E-state index is 0. The van der Waals surface area contributed by atoms with E-state index in [1.54, 1.807) is 48.4 Å². The number of sulfonamides is 1. The maximum atomic E-state index is 13.9. The number of methoxy groups -OCH3 is 1. The molecule has 3 fully saturated rings. The van der Waals surface area contributed by atoms with Gasteiger partial charge in [-0.15, -0.1) is 24.0 Å². The quantitative estimate of drug-likeness (QED) is 0.0842. The van der Waals surface area contributed by atoms with Crippen LogP contribution in [-0.2, 0) is 53.9 Å². The van der Waals surface area contributed by atoms with Gasteiger partial charge in [-0.1, -0.05) is 39.8 Å². The number of amides is 1. The molecule has 2 unspecified atom stereocenters. The van der Waals surface area contributed by atoms with Crippen molar-refractivity contribution in [2.24, 2.45) is 11.8 Å². The van der Waals surface area contributed by atoms with Gasteiger partial charge in [0, 0.05) is 26.2 Å². The van der Waals surface area contributed by atoms with Crippen molar-refractivity contribution in [3.8, 4) is 11.5 Å². The van der Waals surface area contributed by atoms with E-state index in [0.29, 0.717) is 43.2 Å². The summed E-state index contributed by atoms with van der Waals surface area (Å²) in [6, 6.07) is 11.6. The average Bonchev–Trinajstić information content (AvgIpc) is 3.82. The number of alkyl carbamates (subject to hydrolysis) is 1. The molecule has 0 aliphatic carbocycles. The highest BCUT2D eigenvalue weighted by atomic mass is 127. The number of piperidine rings is 1. The van der Waals surface area contributed by atoms with Gasteiger partial charge in [0.25, 0.3) is 0 Å². The molecule has 0 spiro atoms. The number of nitrogens with one attached hydrogen (secondary N) is 1. The molecule has 5 rings (SSSR count). The lowest BCUT2D eigenvalue weighted by molar-refractivity contribution is -0.152. The molecule has 60 heavy (non-hydrogen) atoms. The van der Waals surface area contributed by atoms with Gasteiger partial charge >= 0.3 is 19.7 Å². The number of carbonyl (C=O) groups is 2. The van der Waals surface area contributed by atoms with Gasteiger partial charge in [-0.25, -0.2) is 22.6 Å². The summed E-state index contributed by atoms with van der Waals surface area (Å²) in [7, 11) is -6.59. The Morgan fingerprint density at radius 2 is 1.67 bits per heavy atom. The van der Waals surface area contributed by atoms with Crippen LogP contribution in [-0.4, -0.2) is 125 Å². The second kappa shape index (κ2) is 24.3. The Bertz CT molecular complexity index is 1790. The van der Waals surface area contributed by atoms with Gasteiger partial charge in [0.2, 0.25) is 10.0 Å². The second-order valence-electron chi connectivity index (χ2n) is 15.0. The van der Waals surface area contributed by atoms with Crippen molar-refractivity contribution in [2.45, 2.75) is 103 Å². The number of esters is 1. The molecule has 3 aliphatic heterocycles. The van der Waals surface area contributed by atoms with E-state index < -0.39 is 66.7 Å². The Morgan fingerprint density at radius 3 is 2.30 bits per heavy atom. The maximum Gasteiger partial charge on any atom is 0.407 e. The summed E-state index contributed by atoms with van der Waals surface area (Å²) < 4.78 is 87.4. The zero-order chi connectivity index (χ0) is 41.9. The summed E-state index contributed by atoms with van der Waals surface area (Å²) in [5.74, 6) is -0.0769. The Morgan fingerprint density at radius 1 is 1.00 bits per heavy atom. The first-order valence-electron chi connectivity index (χ1n) is 19.8. The molecule has 2 aromatic carbocycles. The van der Waals surface area contributed by atoms with Crippen LogP contribution in [0.1, 0.15) is 66.4 Å². The third kappa shape index (κ3) is 14.8. The predicted molar refractivity (Wildman–Crippen MR) is 233 cm³/mol. The number of hydrogen-bond donors (Lipinski definition) is 2. The first kappa shape index (κ1) is 51.8. The first-order valence-corrected chi connectivity index (χ1v) is 23.0. The molecule has 2 N–H and O–H groups in total. The Labute approximate surface area is 371 Å². The lowest BCUT2D eigenvalue weighted by atomic mass is 10.0. The van der Waals surface area contributed by atoms with Crippen molar-refractivity contribution in [2.75, 3.05) is 59.5 Å². The molecule has 17 nitrogen and oxygen atoms in total. The number of hydroxylamine groups is 2. The van der Waals surface area contributed by atoms with Gasteiger partial charge in [0.05, 0.1) is 49.9 Å². The summed E-state index contributed by atoms with van der Waals surface area (Å²) in [6.07, 6.45) is -1.34. The molecule has 1 amide bonds. The van der Waals surface area contributed by atoms with Crippen molar-refractivity contribution in [3.63, 3.8) is 0 Å². The van der Waals surface area contributed by atoms with Crippen LogP contribution in [0.15, 0.2) is 53.4 Å². The molecule has 340 valence electrons. The van der Waals surface area contributed by atoms with Crippen LogP contribution in [0.5, 0.6) is 11.5 Å². The van der Waals surface area contributed by atoms with E-state index >= 15 is 0 Å². The van der Waals surface area contributed by atoms with E-state index in [2.05, 4.69) is 5.32 Å². The van der Waals surface area contributed by atoms with Crippen LogP contribution < -0.4 is 14.8 Å². The molecule has 7 atom stereocenters. The largest absolute Gasteiger partial charge is 0.497 e. The van der Waals surface area contributed by atoms with Crippen LogP contribution >= 0.6 is 31.6 Å². The zero-order valence-corrected chi connectivity index (χ0v) is 38.3. The van der Waals surface area contributed by atoms with Crippen LogP contribution in [0.2, 0.25) is 0 Å². The standard InChI is InChI=1S/C39H58N3O14PS.CH4.HI/c1-6-50-37(44)28(4)55-57(46,56-41-19-8-7-9-20-41)26-53-31-12-10-29(11-13-31)22-34(40-39(45)54-36-25-52-38-33(36)18-21-51-38)35(43)24-42(23-27(2)3)58(47,48)32-16-14-30(49-5)15-17-32;;/h10-17,27-28,33-36,38,43H,6-9,18-26H2,1-5H3,(H,40,45);1H4;1H/t28?,33-,34-,35+,36-,38+,57?;;/m0../s1.